The predicted molar refractivity (Wildman–Crippen MR) is 153 cm³/mol. The topological polar surface area (TPSA) is 119 Å². The Morgan fingerprint density at radius 2 is 1.80 bits per heavy atom. The summed E-state index contributed by atoms with van der Waals surface area (Å²) in [6.45, 7) is 2.14. The van der Waals surface area contributed by atoms with Crippen LogP contribution in [0.2, 0.25) is 0 Å². The smallest absolute Gasteiger partial charge is 0.279 e. The molecule has 3 N–H and O–H groups in total. The summed E-state index contributed by atoms with van der Waals surface area (Å²) in [6, 6.07) is 21.8. The van der Waals surface area contributed by atoms with Crippen molar-refractivity contribution >= 4 is 28.4 Å². The first kappa shape index (κ1) is 27.1. The van der Waals surface area contributed by atoms with E-state index in [9.17, 15) is 24.6 Å². The second-order valence-corrected chi connectivity index (χ2v) is 10.1. The molecule has 4 aromatic rings. The van der Waals surface area contributed by atoms with Crippen LogP contribution in [0.4, 0.5) is 5.69 Å². The number of hydrogen-bond acceptors (Lipinski definition) is 5. The molecular formula is C31H32N4O5. The quantitative estimate of drug-likeness (QED) is 0.282. The third kappa shape index (κ3) is 4.74. The first-order valence-corrected chi connectivity index (χ1v) is 13.2. The van der Waals surface area contributed by atoms with Gasteiger partial charge < -0.3 is 20.0 Å². The van der Waals surface area contributed by atoms with Crippen LogP contribution in [-0.2, 0) is 21.7 Å². The van der Waals surface area contributed by atoms with Crippen molar-refractivity contribution in [2.24, 2.45) is 5.92 Å². The number of carbonyl (C=O) groups excluding carboxylic acids is 2. The Labute approximate surface area is 231 Å². The van der Waals surface area contributed by atoms with Gasteiger partial charge in [0.15, 0.2) is 5.60 Å². The van der Waals surface area contributed by atoms with Crippen molar-refractivity contribution in [2.75, 3.05) is 25.1 Å². The number of carbonyl (C=O) groups is 2. The van der Waals surface area contributed by atoms with Crippen LogP contribution in [0.25, 0.3) is 16.6 Å². The van der Waals surface area contributed by atoms with E-state index in [1.54, 1.807) is 61.4 Å². The number of nitrogens with zero attached hydrogens (tertiary/aromatic N) is 3. The van der Waals surface area contributed by atoms with Crippen molar-refractivity contribution in [1.82, 2.24) is 14.7 Å². The molecule has 0 unspecified atom stereocenters. The monoisotopic (exact) mass is 540 g/mol. The number of para-hydroxylation sites is 1. The average Bonchev–Trinajstić information content (AvgIpc) is 3.40. The van der Waals surface area contributed by atoms with Crippen LogP contribution in [0, 0.1) is 5.92 Å². The first-order valence-electron chi connectivity index (χ1n) is 13.2. The molecule has 0 saturated heterocycles. The molecule has 2 atom stereocenters. The largest absolute Gasteiger partial charge is 0.395 e. The van der Waals surface area contributed by atoms with Crippen molar-refractivity contribution in [3.8, 4) is 5.69 Å². The summed E-state index contributed by atoms with van der Waals surface area (Å²) < 4.78 is 1.40. The number of hydrogen-bond donors (Lipinski definition) is 3. The minimum absolute atomic E-state index is 0.0502. The van der Waals surface area contributed by atoms with E-state index in [1.165, 1.54) is 9.58 Å². The second kappa shape index (κ2) is 11.0. The third-order valence-corrected chi connectivity index (χ3v) is 7.55. The number of aliphatic hydroxyl groups is 2. The molecule has 9 nitrogen and oxygen atoms in total. The summed E-state index contributed by atoms with van der Waals surface area (Å²) >= 11 is 0. The van der Waals surface area contributed by atoms with E-state index < -0.39 is 17.4 Å². The fraction of sp³-hybridized carbons (Fsp3) is 0.258. The Morgan fingerprint density at radius 3 is 2.52 bits per heavy atom. The summed E-state index contributed by atoms with van der Waals surface area (Å²) in [4.78, 5) is 42.3. The molecule has 9 heteroatoms. The maximum atomic E-state index is 13.3. The minimum atomic E-state index is -1.88. The molecule has 40 heavy (non-hydrogen) atoms. The standard InChI is InChI=1S/C31H32N4O5/c1-21(9-8-14-28(37)34(17-18-36)20-22-10-4-3-5-11-22)31(40)25-19-23(15-16-27(25)33(2)30(31)39)35-29(38)24-12-6-7-13-26(24)32-35/h3-13,15-16,19,21,32,36,40H,14,17-18,20H2,1-2H3/b9-8+/t21-,31+/m0/s1. The number of likely N-dealkylation sites (N-methyl/N-ethyl adjacent to an activating group) is 1. The molecule has 0 radical (unpaired) electrons. The van der Waals surface area contributed by atoms with Crippen molar-refractivity contribution < 1.29 is 19.8 Å². The summed E-state index contributed by atoms with van der Waals surface area (Å²) in [6.07, 6.45) is 3.37. The molecular weight excluding hydrogens is 508 g/mol. The van der Waals surface area contributed by atoms with Crippen LogP contribution in [0.3, 0.4) is 0 Å². The predicted octanol–water partition coefficient (Wildman–Crippen LogP) is 3.09. The molecule has 0 aliphatic carbocycles. The summed E-state index contributed by atoms with van der Waals surface area (Å²) in [5.41, 5.74) is 0.951. The van der Waals surface area contributed by atoms with Gasteiger partial charge in [-0.15, -0.1) is 0 Å². The molecule has 1 aliphatic heterocycles. The molecule has 3 aromatic carbocycles. The maximum absolute atomic E-state index is 13.3. The average molecular weight is 541 g/mol. The lowest BCUT2D eigenvalue weighted by molar-refractivity contribution is -0.139. The molecule has 0 saturated carbocycles. The molecule has 1 aromatic heterocycles. The number of amides is 2. The number of benzene rings is 3. The lowest BCUT2D eigenvalue weighted by Crippen LogP contribution is -2.43. The highest BCUT2D eigenvalue weighted by Crippen LogP contribution is 2.45. The fourth-order valence-electron chi connectivity index (χ4n) is 5.28. The van der Waals surface area contributed by atoms with Gasteiger partial charge >= 0.3 is 0 Å². The number of anilines is 1. The van der Waals surface area contributed by atoms with Gasteiger partial charge in [-0.05, 0) is 35.9 Å². The Bertz CT molecular complexity index is 1640. The zero-order valence-corrected chi connectivity index (χ0v) is 22.4. The molecule has 0 spiro atoms. The third-order valence-electron chi connectivity index (χ3n) is 7.55. The Kier molecular flexibility index (Phi) is 7.42. The van der Waals surface area contributed by atoms with Crippen LogP contribution in [0.1, 0.15) is 24.5 Å². The molecule has 0 fully saturated rings. The molecule has 206 valence electrons. The molecule has 1 aliphatic rings. The van der Waals surface area contributed by atoms with E-state index in [0.29, 0.717) is 34.4 Å². The summed E-state index contributed by atoms with van der Waals surface area (Å²) in [5.74, 6) is -1.34. The normalized spacial score (nSPS) is 17.5. The number of fused-ring (bicyclic) bond motifs is 2. The molecule has 2 heterocycles. The van der Waals surface area contributed by atoms with Gasteiger partial charge in [0.1, 0.15) is 0 Å². The number of aromatic amines is 1. The van der Waals surface area contributed by atoms with E-state index >= 15 is 0 Å². The second-order valence-electron chi connectivity index (χ2n) is 10.1. The number of nitrogens with one attached hydrogen (secondary N) is 1. The Morgan fingerprint density at radius 1 is 1.07 bits per heavy atom. The Hall–Kier alpha value is -4.47. The van der Waals surface area contributed by atoms with Gasteiger partial charge in [0.25, 0.3) is 11.5 Å². The lowest BCUT2D eigenvalue weighted by Gasteiger charge is -2.27. The van der Waals surface area contributed by atoms with E-state index in [0.717, 1.165) is 5.56 Å². The van der Waals surface area contributed by atoms with Gasteiger partial charge in [-0.2, -0.15) is 0 Å². The minimum Gasteiger partial charge on any atom is -0.395 e. The van der Waals surface area contributed by atoms with Crippen LogP contribution >= 0.6 is 0 Å². The van der Waals surface area contributed by atoms with Crippen molar-refractivity contribution in [3.05, 3.63) is 106 Å². The van der Waals surface area contributed by atoms with Gasteiger partial charge in [-0.1, -0.05) is 61.5 Å². The SMILES string of the molecule is C[C@@H](/C=C/CC(=O)N(CCO)Cc1ccccc1)[C@]1(O)C(=O)N(C)c2ccc(-n3[nH]c4ccccc4c3=O)cc21. The van der Waals surface area contributed by atoms with Crippen molar-refractivity contribution in [2.45, 2.75) is 25.5 Å². The van der Waals surface area contributed by atoms with Crippen LogP contribution in [-0.4, -0.2) is 56.9 Å². The number of H-pyrrole nitrogens is 1. The zero-order valence-electron chi connectivity index (χ0n) is 22.4. The van der Waals surface area contributed by atoms with Crippen molar-refractivity contribution in [1.29, 1.82) is 0 Å². The first-order chi connectivity index (χ1) is 19.3. The highest BCUT2D eigenvalue weighted by molar-refractivity contribution is 6.07. The molecule has 2 amide bonds. The number of rotatable bonds is 9. The lowest BCUT2D eigenvalue weighted by atomic mass is 9.82. The molecule has 5 rings (SSSR count). The number of aliphatic hydroxyl groups excluding tert-OH is 1. The van der Waals surface area contributed by atoms with Crippen LogP contribution in [0.15, 0.2) is 89.7 Å². The Balaban J connectivity index is 1.39. The molecule has 0 bridgehead atoms. The highest BCUT2D eigenvalue weighted by atomic mass is 16.3. The van der Waals surface area contributed by atoms with E-state index in [1.807, 2.05) is 42.5 Å². The zero-order chi connectivity index (χ0) is 28.4. The van der Waals surface area contributed by atoms with Gasteiger partial charge in [0.2, 0.25) is 5.91 Å². The van der Waals surface area contributed by atoms with E-state index in [2.05, 4.69) is 5.10 Å². The highest BCUT2D eigenvalue weighted by Gasteiger charge is 2.51. The van der Waals surface area contributed by atoms with Crippen molar-refractivity contribution in [3.63, 3.8) is 0 Å². The summed E-state index contributed by atoms with van der Waals surface area (Å²) in [7, 11) is 1.60. The van der Waals surface area contributed by atoms with Gasteiger partial charge in [-0.25, -0.2) is 4.68 Å². The fourth-order valence-corrected chi connectivity index (χ4v) is 5.28. The maximum Gasteiger partial charge on any atom is 0.279 e. The van der Waals surface area contributed by atoms with Gasteiger partial charge in [0.05, 0.1) is 28.9 Å². The van der Waals surface area contributed by atoms with Crippen LogP contribution in [0.5, 0.6) is 0 Å². The van der Waals surface area contributed by atoms with Crippen LogP contribution < -0.4 is 10.5 Å². The van der Waals surface area contributed by atoms with Gasteiger partial charge in [-0.3, -0.25) is 19.5 Å². The van der Waals surface area contributed by atoms with Gasteiger partial charge in [0, 0.05) is 38.0 Å². The van der Waals surface area contributed by atoms with E-state index in [4.69, 9.17) is 0 Å². The van der Waals surface area contributed by atoms with E-state index in [-0.39, 0.29) is 31.0 Å². The number of aromatic nitrogens is 2. The summed E-state index contributed by atoms with van der Waals surface area (Å²) in [5, 5.41) is 24.9.